The van der Waals surface area contributed by atoms with Crippen molar-refractivity contribution in [2.24, 2.45) is 0 Å². The van der Waals surface area contributed by atoms with E-state index in [1.807, 2.05) is 0 Å². The number of aromatic nitrogens is 4. The number of carbonyl (C=O) groups excluding carboxylic acids is 1. The van der Waals surface area contributed by atoms with E-state index in [4.69, 9.17) is 16.3 Å². The van der Waals surface area contributed by atoms with Crippen molar-refractivity contribution in [3.63, 3.8) is 0 Å². The molecule has 0 saturated carbocycles. The highest BCUT2D eigenvalue weighted by Gasteiger charge is 2.22. The molecule has 4 rings (SSSR count). The molecule has 27 heavy (non-hydrogen) atoms. The van der Waals surface area contributed by atoms with Gasteiger partial charge in [-0.3, -0.25) is 4.40 Å². The van der Waals surface area contributed by atoms with E-state index in [2.05, 4.69) is 15.0 Å². The number of hydrogen-bond acceptors (Lipinski definition) is 6. The van der Waals surface area contributed by atoms with Crippen molar-refractivity contribution in [3.8, 4) is 22.0 Å². The number of nitrogens with zero attached hydrogens (tertiary/aromatic N) is 4. The van der Waals surface area contributed by atoms with Crippen LogP contribution in [0.5, 0.6) is 0 Å². The van der Waals surface area contributed by atoms with Crippen LogP contribution in [0.4, 0.5) is 4.39 Å². The molecule has 3 heterocycles. The topological polar surface area (TPSA) is 69.4 Å². The lowest BCUT2D eigenvalue weighted by molar-refractivity contribution is 0.0520. The summed E-state index contributed by atoms with van der Waals surface area (Å²) in [6, 6.07) is 5.97. The average Bonchev–Trinajstić information content (AvgIpc) is 3.28. The normalized spacial score (nSPS) is 11.1. The van der Waals surface area contributed by atoms with E-state index in [-0.39, 0.29) is 23.3 Å². The fourth-order valence-corrected chi connectivity index (χ4v) is 3.66. The molecule has 0 saturated heterocycles. The van der Waals surface area contributed by atoms with Gasteiger partial charge in [-0.1, -0.05) is 11.6 Å². The van der Waals surface area contributed by atoms with Crippen LogP contribution in [0.25, 0.3) is 27.6 Å². The van der Waals surface area contributed by atoms with E-state index < -0.39 is 5.97 Å². The number of esters is 1. The fourth-order valence-electron chi connectivity index (χ4n) is 2.64. The van der Waals surface area contributed by atoms with Crippen LogP contribution in [0.1, 0.15) is 17.4 Å². The molecule has 0 bridgehead atoms. The molecular formula is C18H12ClFN4O2S. The third-order valence-corrected chi connectivity index (χ3v) is 4.92. The van der Waals surface area contributed by atoms with Crippen molar-refractivity contribution in [1.29, 1.82) is 0 Å². The number of hydrogen-bond donors (Lipinski definition) is 0. The van der Waals surface area contributed by atoms with Gasteiger partial charge in [0.1, 0.15) is 16.5 Å². The van der Waals surface area contributed by atoms with Gasteiger partial charge in [0.25, 0.3) is 0 Å². The maximum atomic E-state index is 13.3. The predicted octanol–water partition coefficient (Wildman–Crippen LogP) is 4.49. The van der Waals surface area contributed by atoms with Gasteiger partial charge in [-0.2, -0.15) is 0 Å². The minimum absolute atomic E-state index is 0.219. The second kappa shape index (κ2) is 7.05. The molecule has 0 aliphatic rings. The third kappa shape index (κ3) is 3.17. The van der Waals surface area contributed by atoms with Crippen molar-refractivity contribution >= 4 is 34.6 Å². The Balaban J connectivity index is 1.93. The molecule has 1 aromatic carbocycles. The molecule has 0 fully saturated rings. The summed E-state index contributed by atoms with van der Waals surface area (Å²) in [6.07, 6.45) is 3.26. The van der Waals surface area contributed by atoms with Crippen molar-refractivity contribution in [2.45, 2.75) is 6.92 Å². The van der Waals surface area contributed by atoms with Gasteiger partial charge in [-0.05, 0) is 31.2 Å². The molecule has 0 amide bonds. The van der Waals surface area contributed by atoms with Gasteiger partial charge in [0.15, 0.2) is 16.5 Å². The Morgan fingerprint density at radius 3 is 2.81 bits per heavy atom. The molecule has 0 unspecified atom stereocenters. The van der Waals surface area contributed by atoms with Crippen LogP contribution >= 0.6 is 22.9 Å². The first kappa shape index (κ1) is 17.6. The second-order valence-electron chi connectivity index (χ2n) is 5.49. The molecule has 4 aromatic rings. The predicted molar refractivity (Wildman–Crippen MR) is 100 cm³/mol. The second-order valence-corrected chi connectivity index (χ2v) is 6.70. The lowest BCUT2D eigenvalue weighted by Crippen LogP contribution is -2.04. The minimum Gasteiger partial charge on any atom is -0.461 e. The van der Waals surface area contributed by atoms with Gasteiger partial charge in [0.05, 0.1) is 12.3 Å². The van der Waals surface area contributed by atoms with Crippen molar-refractivity contribution < 1.29 is 13.9 Å². The highest BCUT2D eigenvalue weighted by atomic mass is 35.5. The largest absolute Gasteiger partial charge is 0.461 e. The Bertz CT molecular complexity index is 1140. The van der Waals surface area contributed by atoms with Crippen molar-refractivity contribution in [1.82, 2.24) is 19.4 Å². The van der Waals surface area contributed by atoms with E-state index >= 15 is 0 Å². The molecule has 3 aromatic heterocycles. The molecule has 9 heteroatoms. The summed E-state index contributed by atoms with van der Waals surface area (Å²) >= 11 is 7.48. The fraction of sp³-hybridized carbons (Fsp3) is 0.111. The first-order valence-electron chi connectivity index (χ1n) is 8.00. The van der Waals surface area contributed by atoms with Gasteiger partial charge in [-0.25, -0.2) is 24.1 Å². The van der Waals surface area contributed by atoms with Crippen LogP contribution in [0, 0.1) is 5.82 Å². The Morgan fingerprint density at radius 1 is 1.30 bits per heavy atom. The van der Waals surface area contributed by atoms with Gasteiger partial charge < -0.3 is 4.74 Å². The molecular weight excluding hydrogens is 391 g/mol. The maximum absolute atomic E-state index is 13.3. The first-order valence-corrected chi connectivity index (χ1v) is 9.25. The summed E-state index contributed by atoms with van der Waals surface area (Å²) in [4.78, 5) is 25.0. The van der Waals surface area contributed by atoms with Gasteiger partial charge in [0, 0.05) is 23.3 Å². The molecule has 0 spiro atoms. The molecule has 0 aliphatic heterocycles. The number of benzene rings is 1. The summed E-state index contributed by atoms with van der Waals surface area (Å²) in [5, 5.41) is 2.42. The molecule has 136 valence electrons. The SMILES string of the molecule is CCOC(=O)c1csc(-c2c(-c3ccc(F)cc3)nc3c(Cl)nccn23)n1. The summed E-state index contributed by atoms with van der Waals surface area (Å²) < 4.78 is 20.1. The zero-order valence-electron chi connectivity index (χ0n) is 14.0. The van der Waals surface area contributed by atoms with Gasteiger partial charge in [0.2, 0.25) is 0 Å². The molecule has 6 nitrogen and oxygen atoms in total. The number of fused-ring (bicyclic) bond motifs is 1. The maximum Gasteiger partial charge on any atom is 0.357 e. The summed E-state index contributed by atoms with van der Waals surface area (Å²) in [5.41, 5.74) is 2.56. The van der Waals surface area contributed by atoms with E-state index in [0.29, 0.717) is 27.6 Å². The van der Waals surface area contributed by atoms with Crippen molar-refractivity contribution in [2.75, 3.05) is 6.61 Å². The summed E-state index contributed by atoms with van der Waals surface area (Å²) in [5.74, 6) is -0.834. The van der Waals surface area contributed by atoms with E-state index in [0.717, 1.165) is 0 Å². The van der Waals surface area contributed by atoms with E-state index in [9.17, 15) is 9.18 Å². The number of ether oxygens (including phenoxy) is 1. The number of carbonyl (C=O) groups is 1. The van der Waals surface area contributed by atoms with Gasteiger partial charge >= 0.3 is 5.97 Å². The molecule has 0 aliphatic carbocycles. The van der Waals surface area contributed by atoms with Crippen LogP contribution in [0.2, 0.25) is 5.15 Å². The number of thiazole rings is 1. The molecule has 0 atom stereocenters. The highest BCUT2D eigenvalue weighted by Crippen LogP contribution is 2.35. The summed E-state index contributed by atoms with van der Waals surface area (Å²) in [6.45, 7) is 2.00. The summed E-state index contributed by atoms with van der Waals surface area (Å²) in [7, 11) is 0. The zero-order chi connectivity index (χ0) is 19.0. The van der Waals surface area contributed by atoms with Crippen LogP contribution in [-0.4, -0.2) is 31.9 Å². The smallest absolute Gasteiger partial charge is 0.357 e. The number of halogens is 2. The Morgan fingerprint density at radius 2 is 2.07 bits per heavy atom. The monoisotopic (exact) mass is 402 g/mol. The first-order chi connectivity index (χ1) is 13.1. The quantitative estimate of drug-likeness (QED) is 0.470. The Kier molecular flexibility index (Phi) is 4.59. The molecule has 0 N–H and O–H groups in total. The zero-order valence-corrected chi connectivity index (χ0v) is 15.6. The average molecular weight is 403 g/mol. The van der Waals surface area contributed by atoms with Crippen LogP contribution < -0.4 is 0 Å². The standard InChI is InChI=1S/C18H12ClFN4O2S/c1-2-26-18(25)12-9-27-17(22-12)14-13(10-3-5-11(20)6-4-10)23-16-15(19)21-7-8-24(14)16/h3-9H,2H2,1H3. The Hall–Kier alpha value is -2.84. The Labute approximate surface area is 162 Å². The minimum atomic E-state index is -0.489. The van der Waals surface area contributed by atoms with Crippen LogP contribution in [0.3, 0.4) is 0 Å². The number of imidazole rings is 1. The lowest BCUT2D eigenvalue weighted by Gasteiger charge is -2.03. The lowest BCUT2D eigenvalue weighted by atomic mass is 10.1. The van der Waals surface area contributed by atoms with E-state index in [1.165, 1.54) is 23.5 Å². The highest BCUT2D eigenvalue weighted by molar-refractivity contribution is 7.13. The van der Waals surface area contributed by atoms with Crippen LogP contribution in [-0.2, 0) is 4.74 Å². The van der Waals surface area contributed by atoms with Gasteiger partial charge in [-0.15, -0.1) is 11.3 Å². The molecule has 0 radical (unpaired) electrons. The van der Waals surface area contributed by atoms with Crippen molar-refractivity contribution in [3.05, 3.63) is 58.7 Å². The number of rotatable bonds is 4. The van der Waals surface area contributed by atoms with Crippen LogP contribution in [0.15, 0.2) is 42.0 Å². The third-order valence-electron chi connectivity index (χ3n) is 3.81. The van der Waals surface area contributed by atoms with E-state index in [1.54, 1.807) is 41.2 Å².